The van der Waals surface area contributed by atoms with Crippen LogP contribution < -0.4 is 5.73 Å². The SMILES string of the molecule is CCCC(O)(CN)Cc1cc(F)cc(F)c1. The smallest absolute Gasteiger partial charge is 0.126 e. The van der Waals surface area contributed by atoms with E-state index in [0.717, 1.165) is 12.5 Å². The summed E-state index contributed by atoms with van der Waals surface area (Å²) >= 11 is 0. The van der Waals surface area contributed by atoms with Crippen LogP contribution in [0.4, 0.5) is 8.78 Å². The van der Waals surface area contributed by atoms with Crippen molar-refractivity contribution in [2.75, 3.05) is 6.54 Å². The zero-order chi connectivity index (χ0) is 12.2. The van der Waals surface area contributed by atoms with Gasteiger partial charge in [0.15, 0.2) is 0 Å². The molecule has 1 aromatic rings. The summed E-state index contributed by atoms with van der Waals surface area (Å²) in [6, 6.07) is 3.25. The van der Waals surface area contributed by atoms with Crippen molar-refractivity contribution in [1.82, 2.24) is 0 Å². The van der Waals surface area contributed by atoms with Gasteiger partial charge >= 0.3 is 0 Å². The quantitative estimate of drug-likeness (QED) is 0.811. The van der Waals surface area contributed by atoms with Crippen LogP contribution in [0.3, 0.4) is 0 Å². The maximum atomic E-state index is 12.9. The van der Waals surface area contributed by atoms with Gasteiger partial charge in [0.1, 0.15) is 11.6 Å². The maximum absolute atomic E-state index is 12.9. The second-order valence-electron chi connectivity index (χ2n) is 4.13. The van der Waals surface area contributed by atoms with E-state index in [1.165, 1.54) is 12.1 Å². The fourth-order valence-corrected chi connectivity index (χ4v) is 1.82. The molecule has 1 aromatic carbocycles. The molecule has 0 aliphatic heterocycles. The second-order valence-corrected chi connectivity index (χ2v) is 4.13. The van der Waals surface area contributed by atoms with E-state index in [0.29, 0.717) is 12.0 Å². The Morgan fingerprint density at radius 2 is 1.81 bits per heavy atom. The molecule has 4 heteroatoms. The number of benzene rings is 1. The summed E-state index contributed by atoms with van der Waals surface area (Å²) in [6.45, 7) is 2.01. The molecule has 2 nitrogen and oxygen atoms in total. The van der Waals surface area contributed by atoms with E-state index >= 15 is 0 Å². The minimum atomic E-state index is -1.07. The molecular formula is C12H17F2NO. The van der Waals surface area contributed by atoms with Crippen molar-refractivity contribution in [3.8, 4) is 0 Å². The molecule has 0 aliphatic carbocycles. The summed E-state index contributed by atoms with van der Waals surface area (Å²) in [5.74, 6) is -1.27. The van der Waals surface area contributed by atoms with Crippen LogP contribution in [0.5, 0.6) is 0 Å². The number of rotatable bonds is 5. The lowest BCUT2D eigenvalue weighted by Gasteiger charge is -2.26. The Hall–Kier alpha value is -1.00. The Labute approximate surface area is 94.1 Å². The molecule has 0 radical (unpaired) electrons. The molecule has 0 aromatic heterocycles. The minimum Gasteiger partial charge on any atom is -0.388 e. The lowest BCUT2D eigenvalue weighted by atomic mass is 9.90. The number of hydrogen-bond donors (Lipinski definition) is 2. The van der Waals surface area contributed by atoms with Crippen LogP contribution in [0.15, 0.2) is 18.2 Å². The monoisotopic (exact) mass is 229 g/mol. The summed E-state index contributed by atoms with van der Waals surface area (Å²) in [6.07, 6.45) is 1.46. The normalized spacial score (nSPS) is 14.8. The largest absolute Gasteiger partial charge is 0.388 e. The van der Waals surface area contributed by atoms with Gasteiger partial charge in [-0.15, -0.1) is 0 Å². The van der Waals surface area contributed by atoms with E-state index in [2.05, 4.69) is 0 Å². The van der Waals surface area contributed by atoms with E-state index < -0.39 is 17.2 Å². The van der Waals surface area contributed by atoms with Gasteiger partial charge in [-0.05, 0) is 24.1 Å². The molecule has 0 spiro atoms. The summed E-state index contributed by atoms with van der Waals surface area (Å²) in [7, 11) is 0. The van der Waals surface area contributed by atoms with Crippen LogP contribution in [0, 0.1) is 11.6 Å². The van der Waals surface area contributed by atoms with Gasteiger partial charge in [0.05, 0.1) is 5.60 Å². The van der Waals surface area contributed by atoms with E-state index in [-0.39, 0.29) is 13.0 Å². The van der Waals surface area contributed by atoms with Gasteiger partial charge in [-0.2, -0.15) is 0 Å². The van der Waals surface area contributed by atoms with Crippen molar-refractivity contribution < 1.29 is 13.9 Å². The van der Waals surface area contributed by atoms with Crippen LogP contribution in [-0.4, -0.2) is 17.3 Å². The predicted octanol–water partition coefficient (Wildman–Crippen LogP) is 2.00. The standard InChI is InChI=1S/C12H17F2NO/c1-2-3-12(16,8-15)7-9-4-10(13)6-11(14)5-9/h4-6,16H,2-3,7-8,15H2,1H3. The maximum Gasteiger partial charge on any atom is 0.126 e. The van der Waals surface area contributed by atoms with Gasteiger partial charge in [0.25, 0.3) is 0 Å². The topological polar surface area (TPSA) is 46.2 Å². The third-order valence-corrected chi connectivity index (χ3v) is 2.55. The van der Waals surface area contributed by atoms with Gasteiger partial charge in [-0.25, -0.2) is 8.78 Å². The molecule has 16 heavy (non-hydrogen) atoms. The molecule has 3 N–H and O–H groups in total. The van der Waals surface area contributed by atoms with Crippen molar-refractivity contribution >= 4 is 0 Å². The number of aliphatic hydroxyl groups is 1. The van der Waals surface area contributed by atoms with Gasteiger partial charge in [0, 0.05) is 19.0 Å². The molecule has 0 fully saturated rings. The molecule has 0 saturated heterocycles. The molecular weight excluding hydrogens is 212 g/mol. The molecule has 90 valence electrons. The van der Waals surface area contributed by atoms with Gasteiger partial charge in [-0.1, -0.05) is 13.3 Å². The van der Waals surface area contributed by atoms with E-state index in [1.807, 2.05) is 6.92 Å². The highest BCUT2D eigenvalue weighted by Crippen LogP contribution is 2.19. The average molecular weight is 229 g/mol. The molecule has 0 bridgehead atoms. The Bertz CT molecular complexity index is 337. The Balaban J connectivity index is 2.85. The Morgan fingerprint density at radius 1 is 1.25 bits per heavy atom. The van der Waals surface area contributed by atoms with Crippen LogP contribution in [0.2, 0.25) is 0 Å². The Morgan fingerprint density at radius 3 is 2.25 bits per heavy atom. The highest BCUT2D eigenvalue weighted by molar-refractivity contribution is 5.20. The first-order valence-electron chi connectivity index (χ1n) is 5.36. The second kappa shape index (κ2) is 5.37. The summed E-state index contributed by atoms with van der Waals surface area (Å²) < 4.78 is 25.9. The fourth-order valence-electron chi connectivity index (χ4n) is 1.82. The predicted molar refractivity (Wildman–Crippen MR) is 59.0 cm³/mol. The number of halogens is 2. The van der Waals surface area contributed by atoms with Gasteiger partial charge in [-0.3, -0.25) is 0 Å². The summed E-state index contributed by atoms with van der Waals surface area (Å²) in [5.41, 5.74) is 4.83. The average Bonchev–Trinajstić information content (AvgIpc) is 2.16. The van der Waals surface area contributed by atoms with E-state index in [4.69, 9.17) is 5.73 Å². The third kappa shape index (κ3) is 3.54. The molecule has 1 rings (SSSR count). The van der Waals surface area contributed by atoms with E-state index in [9.17, 15) is 13.9 Å². The van der Waals surface area contributed by atoms with Crippen LogP contribution in [0.25, 0.3) is 0 Å². The first-order valence-corrected chi connectivity index (χ1v) is 5.36. The summed E-state index contributed by atoms with van der Waals surface area (Å²) in [4.78, 5) is 0. The van der Waals surface area contributed by atoms with Crippen LogP contribution in [-0.2, 0) is 6.42 Å². The number of nitrogens with two attached hydrogens (primary N) is 1. The molecule has 0 amide bonds. The van der Waals surface area contributed by atoms with E-state index in [1.54, 1.807) is 0 Å². The van der Waals surface area contributed by atoms with Crippen molar-refractivity contribution in [3.05, 3.63) is 35.4 Å². The Kier molecular flexibility index (Phi) is 4.38. The van der Waals surface area contributed by atoms with Gasteiger partial charge in [0.2, 0.25) is 0 Å². The zero-order valence-corrected chi connectivity index (χ0v) is 9.34. The minimum absolute atomic E-state index is 0.0823. The van der Waals surface area contributed by atoms with Gasteiger partial charge < -0.3 is 10.8 Å². The van der Waals surface area contributed by atoms with Crippen LogP contribution >= 0.6 is 0 Å². The van der Waals surface area contributed by atoms with Crippen molar-refractivity contribution in [2.24, 2.45) is 5.73 Å². The van der Waals surface area contributed by atoms with Crippen molar-refractivity contribution in [1.29, 1.82) is 0 Å². The first kappa shape index (κ1) is 13.1. The highest BCUT2D eigenvalue weighted by atomic mass is 19.1. The number of hydrogen-bond acceptors (Lipinski definition) is 2. The molecule has 1 atom stereocenters. The molecule has 0 saturated carbocycles. The lowest BCUT2D eigenvalue weighted by molar-refractivity contribution is 0.0398. The first-order chi connectivity index (χ1) is 7.49. The zero-order valence-electron chi connectivity index (χ0n) is 9.34. The van der Waals surface area contributed by atoms with Crippen molar-refractivity contribution in [2.45, 2.75) is 31.8 Å². The third-order valence-electron chi connectivity index (χ3n) is 2.55. The lowest BCUT2D eigenvalue weighted by Crippen LogP contribution is -2.39. The molecule has 1 unspecified atom stereocenters. The summed E-state index contributed by atoms with van der Waals surface area (Å²) in [5, 5.41) is 10.1. The fraction of sp³-hybridized carbons (Fsp3) is 0.500. The van der Waals surface area contributed by atoms with Crippen molar-refractivity contribution in [3.63, 3.8) is 0 Å². The highest BCUT2D eigenvalue weighted by Gasteiger charge is 2.24. The molecule has 0 aliphatic rings. The molecule has 0 heterocycles. The van der Waals surface area contributed by atoms with Crippen LogP contribution in [0.1, 0.15) is 25.3 Å².